The Labute approximate surface area is 165 Å². The van der Waals surface area contributed by atoms with Gasteiger partial charge in [-0.05, 0) is 50.0 Å². The van der Waals surface area contributed by atoms with E-state index in [1.54, 1.807) is 12.3 Å². The van der Waals surface area contributed by atoms with Crippen molar-refractivity contribution in [2.24, 2.45) is 5.92 Å². The second-order valence-corrected chi connectivity index (χ2v) is 7.59. The van der Waals surface area contributed by atoms with E-state index in [1.165, 1.54) is 6.07 Å². The van der Waals surface area contributed by atoms with Gasteiger partial charge in [-0.15, -0.1) is 0 Å². The Balaban J connectivity index is 2.26. The van der Waals surface area contributed by atoms with Crippen molar-refractivity contribution < 1.29 is 17.9 Å². The second-order valence-electron chi connectivity index (χ2n) is 7.59. The lowest BCUT2D eigenvalue weighted by molar-refractivity contribution is -0.138. The van der Waals surface area contributed by atoms with Crippen LogP contribution in [-0.4, -0.2) is 35.3 Å². The summed E-state index contributed by atoms with van der Waals surface area (Å²) in [6, 6.07) is 4.24. The van der Waals surface area contributed by atoms with E-state index in [-0.39, 0.29) is 12.4 Å². The summed E-state index contributed by atoms with van der Waals surface area (Å²) >= 11 is 0. The lowest BCUT2D eigenvalue weighted by Crippen LogP contribution is -2.19. The van der Waals surface area contributed by atoms with E-state index in [0.29, 0.717) is 30.0 Å². The number of hydrogen-bond donors (Lipinski definition) is 1. The Hall–Kier alpha value is -2.02. The molecule has 0 fully saturated rings. The van der Waals surface area contributed by atoms with Crippen molar-refractivity contribution in [3.63, 3.8) is 0 Å². The van der Waals surface area contributed by atoms with Crippen molar-refractivity contribution in [3.05, 3.63) is 35.7 Å². The summed E-state index contributed by atoms with van der Waals surface area (Å²) < 4.78 is 46.2. The maximum atomic E-state index is 13.6. The number of nitrogens with zero attached hydrogens (tertiary/aromatic N) is 2. The van der Waals surface area contributed by atoms with Crippen molar-refractivity contribution >= 4 is 0 Å². The van der Waals surface area contributed by atoms with Crippen LogP contribution in [0.3, 0.4) is 0 Å². The van der Waals surface area contributed by atoms with Gasteiger partial charge in [0.05, 0.1) is 24.1 Å². The van der Waals surface area contributed by atoms with Gasteiger partial charge in [0.2, 0.25) is 0 Å². The lowest BCUT2D eigenvalue weighted by atomic mass is 10.0. The zero-order valence-electron chi connectivity index (χ0n) is 17.1. The van der Waals surface area contributed by atoms with Gasteiger partial charge in [-0.3, -0.25) is 5.10 Å². The molecule has 1 aromatic carbocycles. The van der Waals surface area contributed by atoms with Crippen LogP contribution in [0.4, 0.5) is 13.2 Å². The number of H-pyrrole nitrogens is 1. The molecule has 2 aromatic rings. The fourth-order valence-corrected chi connectivity index (χ4v) is 2.91. The Morgan fingerprint density at radius 3 is 2.64 bits per heavy atom. The van der Waals surface area contributed by atoms with E-state index in [2.05, 4.69) is 22.0 Å². The summed E-state index contributed by atoms with van der Waals surface area (Å²) in [6.07, 6.45) is -0.0359. The third kappa shape index (κ3) is 6.26. The minimum Gasteiger partial charge on any atom is -0.493 e. The van der Waals surface area contributed by atoms with Crippen LogP contribution in [0.25, 0.3) is 11.1 Å². The molecule has 2 rings (SSSR count). The lowest BCUT2D eigenvalue weighted by Gasteiger charge is -2.18. The molecule has 1 heterocycles. The summed E-state index contributed by atoms with van der Waals surface area (Å²) in [5.41, 5.74) is 1.22. The molecule has 0 aliphatic rings. The number of benzene rings is 1. The van der Waals surface area contributed by atoms with Crippen LogP contribution < -0.4 is 4.74 Å². The normalized spacial score (nSPS) is 12.2. The Bertz CT molecular complexity index is 741. The molecule has 156 valence electrons. The molecule has 0 spiro atoms. The summed E-state index contributed by atoms with van der Waals surface area (Å²) in [7, 11) is 1.99. The topological polar surface area (TPSA) is 41.2 Å². The molecule has 28 heavy (non-hydrogen) atoms. The number of halogens is 3. The number of rotatable bonds is 10. The van der Waals surface area contributed by atoms with Crippen LogP contribution in [0.1, 0.15) is 51.3 Å². The molecule has 1 N–H and O–H groups in total. The van der Waals surface area contributed by atoms with Crippen LogP contribution in [0, 0.1) is 5.92 Å². The molecule has 0 saturated carbocycles. The minimum absolute atomic E-state index is 0.123. The standard InChI is InChI=1S/C21H30F3N3O/c1-5-6-10-27(4)14-19-17(13-25-26-19)16-7-8-20(28-11-9-15(2)3)18(12-16)21(22,23)24/h7-8,12-13,15H,5-6,9-11,14H2,1-4H3,(H,25,26). The van der Waals surface area contributed by atoms with Crippen molar-refractivity contribution in [2.75, 3.05) is 20.2 Å². The van der Waals surface area contributed by atoms with Gasteiger partial charge in [-0.25, -0.2) is 0 Å². The van der Waals surface area contributed by atoms with E-state index < -0.39 is 11.7 Å². The summed E-state index contributed by atoms with van der Waals surface area (Å²) in [5, 5.41) is 6.98. The summed E-state index contributed by atoms with van der Waals surface area (Å²) in [6.45, 7) is 7.93. The van der Waals surface area contributed by atoms with E-state index in [9.17, 15) is 13.2 Å². The summed E-state index contributed by atoms with van der Waals surface area (Å²) in [4.78, 5) is 2.13. The number of nitrogens with one attached hydrogen (secondary N) is 1. The fraction of sp³-hybridized carbons (Fsp3) is 0.571. The maximum absolute atomic E-state index is 13.6. The number of unbranched alkanes of at least 4 members (excludes halogenated alkanes) is 1. The first kappa shape index (κ1) is 22.3. The van der Waals surface area contributed by atoms with Gasteiger partial charge in [0, 0.05) is 12.1 Å². The highest BCUT2D eigenvalue weighted by molar-refractivity contribution is 5.67. The molecule has 0 atom stereocenters. The highest BCUT2D eigenvalue weighted by atomic mass is 19.4. The van der Waals surface area contributed by atoms with Gasteiger partial charge >= 0.3 is 6.18 Å². The number of alkyl halides is 3. The molecule has 7 heteroatoms. The number of aromatic nitrogens is 2. The predicted molar refractivity (Wildman–Crippen MR) is 105 cm³/mol. The molecule has 0 radical (unpaired) electrons. The number of ether oxygens (including phenoxy) is 1. The molecule has 0 unspecified atom stereocenters. The van der Waals surface area contributed by atoms with E-state index in [1.807, 2.05) is 20.9 Å². The highest BCUT2D eigenvalue weighted by Crippen LogP contribution is 2.39. The number of hydrogen-bond acceptors (Lipinski definition) is 3. The molecular weight excluding hydrogens is 367 g/mol. The van der Waals surface area contributed by atoms with Crippen molar-refractivity contribution in [3.8, 4) is 16.9 Å². The molecule has 0 amide bonds. The zero-order valence-corrected chi connectivity index (χ0v) is 17.1. The average molecular weight is 397 g/mol. The van der Waals surface area contributed by atoms with Crippen LogP contribution in [0.2, 0.25) is 0 Å². The first-order chi connectivity index (χ1) is 13.2. The molecule has 1 aromatic heterocycles. The predicted octanol–water partition coefficient (Wildman–Crippen LogP) is 5.75. The third-order valence-electron chi connectivity index (χ3n) is 4.59. The van der Waals surface area contributed by atoms with Crippen molar-refractivity contribution in [1.29, 1.82) is 0 Å². The molecule has 0 saturated heterocycles. The Kier molecular flexibility index (Phi) is 7.92. The van der Waals surface area contributed by atoms with Gasteiger partial charge in [-0.2, -0.15) is 18.3 Å². The maximum Gasteiger partial charge on any atom is 0.419 e. The summed E-state index contributed by atoms with van der Waals surface area (Å²) in [5.74, 6) is 0.244. The van der Waals surface area contributed by atoms with Crippen LogP contribution >= 0.6 is 0 Å². The Morgan fingerprint density at radius 2 is 2.00 bits per heavy atom. The monoisotopic (exact) mass is 397 g/mol. The van der Waals surface area contributed by atoms with Crippen molar-refractivity contribution in [1.82, 2.24) is 15.1 Å². The molecular formula is C21H30F3N3O. The Morgan fingerprint density at radius 1 is 1.25 bits per heavy atom. The van der Waals surface area contributed by atoms with Crippen molar-refractivity contribution in [2.45, 2.75) is 52.8 Å². The highest BCUT2D eigenvalue weighted by Gasteiger charge is 2.35. The minimum atomic E-state index is -4.48. The largest absolute Gasteiger partial charge is 0.493 e. The van der Waals surface area contributed by atoms with E-state index in [0.717, 1.165) is 31.1 Å². The van der Waals surface area contributed by atoms with E-state index >= 15 is 0 Å². The first-order valence-electron chi connectivity index (χ1n) is 9.77. The average Bonchev–Trinajstić information content (AvgIpc) is 3.07. The molecule has 0 aliphatic carbocycles. The molecule has 4 nitrogen and oxygen atoms in total. The van der Waals surface area contributed by atoms with Gasteiger partial charge in [0.25, 0.3) is 0 Å². The quantitative estimate of drug-likeness (QED) is 0.555. The fourth-order valence-electron chi connectivity index (χ4n) is 2.91. The van der Waals surface area contributed by atoms with Crippen LogP contribution in [-0.2, 0) is 12.7 Å². The zero-order chi connectivity index (χ0) is 20.7. The van der Waals surface area contributed by atoms with Gasteiger partial charge < -0.3 is 9.64 Å². The van der Waals surface area contributed by atoms with Crippen LogP contribution in [0.15, 0.2) is 24.4 Å². The van der Waals surface area contributed by atoms with Gasteiger partial charge in [-0.1, -0.05) is 33.3 Å². The first-order valence-corrected chi connectivity index (χ1v) is 9.77. The van der Waals surface area contributed by atoms with Gasteiger partial charge in [0.1, 0.15) is 5.75 Å². The van der Waals surface area contributed by atoms with E-state index in [4.69, 9.17) is 4.74 Å². The SMILES string of the molecule is CCCCN(C)Cc1[nH]ncc1-c1ccc(OCCC(C)C)c(C(F)(F)F)c1. The third-order valence-corrected chi connectivity index (χ3v) is 4.59. The number of aromatic amines is 1. The second kappa shape index (κ2) is 9.96. The molecule has 0 bridgehead atoms. The van der Waals surface area contributed by atoms with Gasteiger partial charge in [0.15, 0.2) is 0 Å². The van der Waals surface area contributed by atoms with Crippen LogP contribution in [0.5, 0.6) is 5.75 Å². The molecule has 0 aliphatic heterocycles. The smallest absolute Gasteiger partial charge is 0.419 e.